The van der Waals surface area contributed by atoms with Gasteiger partial charge in [0.25, 0.3) is 0 Å². The summed E-state index contributed by atoms with van der Waals surface area (Å²) in [4.78, 5) is 11.6. The first-order valence-electron chi connectivity index (χ1n) is 5.57. The maximum Gasteiger partial charge on any atom is 0.138 e. The normalized spacial score (nSPS) is 22.1. The Labute approximate surface area is 95.0 Å². The van der Waals surface area contributed by atoms with E-state index in [0.717, 1.165) is 18.4 Å². The summed E-state index contributed by atoms with van der Waals surface area (Å²) in [5.41, 5.74) is 0.764. The van der Waals surface area contributed by atoms with Gasteiger partial charge in [-0.3, -0.25) is 4.79 Å². The topological polar surface area (TPSA) is 46.5 Å². The van der Waals surface area contributed by atoms with E-state index in [4.69, 9.17) is 4.74 Å². The molecular formula is C13H16O3. The van der Waals surface area contributed by atoms with Crippen molar-refractivity contribution in [3.63, 3.8) is 0 Å². The first kappa shape index (κ1) is 11.1. The molecule has 1 aliphatic carbocycles. The third-order valence-electron chi connectivity index (χ3n) is 3.17. The number of rotatable bonds is 3. The molecule has 0 aromatic heterocycles. The molecule has 3 heteroatoms. The lowest BCUT2D eigenvalue weighted by molar-refractivity contribution is -0.123. The van der Waals surface area contributed by atoms with Crippen molar-refractivity contribution in [1.29, 1.82) is 0 Å². The van der Waals surface area contributed by atoms with Crippen molar-refractivity contribution in [2.75, 3.05) is 7.11 Å². The van der Waals surface area contributed by atoms with E-state index in [0.29, 0.717) is 12.2 Å². The second-order valence-corrected chi connectivity index (χ2v) is 4.19. The number of aliphatic hydroxyl groups is 1. The van der Waals surface area contributed by atoms with Gasteiger partial charge in [0, 0.05) is 12.3 Å². The van der Waals surface area contributed by atoms with Crippen molar-refractivity contribution in [3.05, 3.63) is 29.8 Å². The lowest BCUT2D eigenvalue weighted by atomic mass is 9.93. The molecule has 2 rings (SSSR count). The Hall–Kier alpha value is -1.35. The van der Waals surface area contributed by atoms with E-state index in [1.54, 1.807) is 13.2 Å². The zero-order valence-corrected chi connectivity index (χ0v) is 9.35. The molecule has 0 saturated heterocycles. The maximum absolute atomic E-state index is 11.6. The van der Waals surface area contributed by atoms with Crippen LogP contribution in [0.1, 0.15) is 30.9 Å². The molecule has 2 atom stereocenters. The molecular weight excluding hydrogens is 204 g/mol. The van der Waals surface area contributed by atoms with Crippen molar-refractivity contribution in [2.24, 2.45) is 5.92 Å². The molecule has 16 heavy (non-hydrogen) atoms. The maximum atomic E-state index is 11.6. The SMILES string of the molecule is COc1cccc([C@H](O)[C@H]2CCCC2=O)c1. The van der Waals surface area contributed by atoms with Crippen molar-refractivity contribution in [1.82, 2.24) is 0 Å². The minimum atomic E-state index is -0.690. The van der Waals surface area contributed by atoms with Crippen LogP contribution >= 0.6 is 0 Å². The van der Waals surface area contributed by atoms with Crippen LogP contribution in [0, 0.1) is 5.92 Å². The van der Waals surface area contributed by atoms with Gasteiger partial charge in [-0.15, -0.1) is 0 Å². The Balaban J connectivity index is 2.19. The van der Waals surface area contributed by atoms with E-state index in [1.807, 2.05) is 18.2 Å². The second-order valence-electron chi connectivity index (χ2n) is 4.19. The molecule has 3 nitrogen and oxygen atoms in total. The molecule has 1 saturated carbocycles. The van der Waals surface area contributed by atoms with Crippen LogP contribution in [-0.2, 0) is 4.79 Å². The third kappa shape index (κ3) is 2.09. The highest BCUT2D eigenvalue weighted by molar-refractivity contribution is 5.83. The van der Waals surface area contributed by atoms with E-state index >= 15 is 0 Å². The van der Waals surface area contributed by atoms with Crippen molar-refractivity contribution >= 4 is 5.78 Å². The number of hydrogen-bond acceptors (Lipinski definition) is 3. The van der Waals surface area contributed by atoms with Gasteiger partial charge in [0.1, 0.15) is 11.5 Å². The predicted molar refractivity (Wildman–Crippen MR) is 60.3 cm³/mol. The Bertz CT molecular complexity index is 387. The molecule has 1 aromatic rings. The summed E-state index contributed by atoms with van der Waals surface area (Å²) in [5.74, 6) is 0.657. The van der Waals surface area contributed by atoms with E-state index < -0.39 is 6.10 Å². The number of aliphatic hydroxyl groups excluding tert-OH is 1. The number of methoxy groups -OCH3 is 1. The zero-order valence-electron chi connectivity index (χ0n) is 9.35. The van der Waals surface area contributed by atoms with Gasteiger partial charge in [0.05, 0.1) is 13.2 Å². The summed E-state index contributed by atoms with van der Waals surface area (Å²) in [7, 11) is 1.59. The number of ether oxygens (including phenoxy) is 1. The van der Waals surface area contributed by atoms with Gasteiger partial charge in [-0.1, -0.05) is 12.1 Å². The van der Waals surface area contributed by atoms with Crippen LogP contribution in [0.2, 0.25) is 0 Å². The minimum absolute atomic E-state index is 0.176. The summed E-state index contributed by atoms with van der Waals surface area (Å²) in [5, 5.41) is 10.1. The van der Waals surface area contributed by atoms with E-state index in [9.17, 15) is 9.90 Å². The molecule has 0 amide bonds. The van der Waals surface area contributed by atoms with Gasteiger partial charge in [-0.25, -0.2) is 0 Å². The van der Waals surface area contributed by atoms with Crippen molar-refractivity contribution < 1.29 is 14.6 Å². The number of carbonyl (C=O) groups is 1. The molecule has 0 bridgehead atoms. The average molecular weight is 220 g/mol. The highest BCUT2D eigenvalue weighted by Crippen LogP contribution is 2.34. The van der Waals surface area contributed by atoms with Crippen molar-refractivity contribution in [2.45, 2.75) is 25.4 Å². The predicted octanol–water partition coefficient (Wildman–Crippen LogP) is 2.10. The van der Waals surface area contributed by atoms with E-state index in [2.05, 4.69) is 0 Å². The van der Waals surface area contributed by atoms with Crippen LogP contribution in [0.4, 0.5) is 0 Å². The number of Topliss-reactive ketones (excluding diaryl/α,β-unsaturated/α-hetero) is 1. The van der Waals surface area contributed by atoms with E-state index in [1.165, 1.54) is 0 Å². The fourth-order valence-electron chi connectivity index (χ4n) is 2.23. The van der Waals surface area contributed by atoms with Gasteiger partial charge in [-0.05, 0) is 30.5 Å². The number of carbonyl (C=O) groups excluding carboxylic acids is 1. The summed E-state index contributed by atoms with van der Waals surface area (Å²) < 4.78 is 5.10. The Morgan fingerprint density at radius 2 is 2.31 bits per heavy atom. The molecule has 0 heterocycles. The largest absolute Gasteiger partial charge is 0.497 e. The molecule has 0 aliphatic heterocycles. The highest BCUT2D eigenvalue weighted by atomic mass is 16.5. The summed E-state index contributed by atoms with van der Waals surface area (Å²) in [6.45, 7) is 0. The van der Waals surface area contributed by atoms with Crippen LogP contribution in [0.25, 0.3) is 0 Å². The van der Waals surface area contributed by atoms with Crippen LogP contribution < -0.4 is 4.74 Å². The minimum Gasteiger partial charge on any atom is -0.497 e. The van der Waals surface area contributed by atoms with Crippen LogP contribution in [0.3, 0.4) is 0 Å². The quantitative estimate of drug-likeness (QED) is 0.848. The Morgan fingerprint density at radius 3 is 2.94 bits per heavy atom. The number of ketones is 1. The van der Waals surface area contributed by atoms with Crippen LogP contribution in [0.5, 0.6) is 5.75 Å². The van der Waals surface area contributed by atoms with Crippen LogP contribution in [0.15, 0.2) is 24.3 Å². The van der Waals surface area contributed by atoms with Gasteiger partial charge in [0.15, 0.2) is 0 Å². The molecule has 0 spiro atoms. The van der Waals surface area contributed by atoms with Gasteiger partial charge in [0.2, 0.25) is 0 Å². The first-order valence-corrected chi connectivity index (χ1v) is 5.57. The van der Waals surface area contributed by atoms with Crippen LogP contribution in [-0.4, -0.2) is 18.0 Å². The average Bonchev–Trinajstić information content (AvgIpc) is 2.74. The number of benzene rings is 1. The molecule has 1 N–H and O–H groups in total. The van der Waals surface area contributed by atoms with Gasteiger partial charge in [-0.2, -0.15) is 0 Å². The monoisotopic (exact) mass is 220 g/mol. The fourth-order valence-corrected chi connectivity index (χ4v) is 2.23. The molecule has 1 aromatic carbocycles. The Morgan fingerprint density at radius 1 is 1.50 bits per heavy atom. The van der Waals surface area contributed by atoms with Gasteiger partial charge >= 0.3 is 0 Å². The summed E-state index contributed by atoms with van der Waals surface area (Å²) >= 11 is 0. The lowest BCUT2D eigenvalue weighted by Crippen LogP contribution is -2.16. The third-order valence-corrected chi connectivity index (χ3v) is 3.17. The van der Waals surface area contributed by atoms with E-state index in [-0.39, 0.29) is 11.7 Å². The lowest BCUT2D eigenvalue weighted by Gasteiger charge is -2.17. The standard InChI is InChI=1S/C13H16O3/c1-16-10-5-2-4-9(8-10)13(15)11-6-3-7-12(11)14/h2,4-5,8,11,13,15H,3,6-7H2,1H3/t11-,13-/m0/s1. The number of hydrogen-bond donors (Lipinski definition) is 1. The molecule has 0 radical (unpaired) electrons. The van der Waals surface area contributed by atoms with Crippen molar-refractivity contribution in [3.8, 4) is 5.75 Å². The second kappa shape index (κ2) is 4.66. The molecule has 1 fully saturated rings. The van der Waals surface area contributed by atoms with Gasteiger partial charge < -0.3 is 9.84 Å². The smallest absolute Gasteiger partial charge is 0.138 e. The highest BCUT2D eigenvalue weighted by Gasteiger charge is 2.31. The summed E-state index contributed by atoms with van der Waals surface area (Å²) in [6.07, 6.45) is 1.60. The molecule has 0 unspecified atom stereocenters. The Kier molecular flexibility index (Phi) is 3.25. The summed E-state index contributed by atoms with van der Waals surface area (Å²) in [6, 6.07) is 7.28. The zero-order chi connectivity index (χ0) is 11.5. The fraction of sp³-hybridized carbons (Fsp3) is 0.462. The first-order chi connectivity index (χ1) is 7.72. The molecule has 86 valence electrons. The molecule has 1 aliphatic rings.